The Hall–Kier alpha value is -1.72. The minimum absolute atomic E-state index is 0.0233. The number of halogens is 3. The van der Waals surface area contributed by atoms with Crippen LogP contribution in [-0.2, 0) is 4.79 Å². The summed E-state index contributed by atoms with van der Waals surface area (Å²) in [6, 6.07) is 3.65. The Bertz CT molecular complexity index is 387. The van der Waals surface area contributed by atoms with E-state index in [9.17, 15) is 18.0 Å². The van der Waals surface area contributed by atoms with E-state index in [-0.39, 0.29) is 11.4 Å². The molecule has 1 rings (SSSR count). The number of alkyl halides is 3. The maximum Gasteiger partial charge on any atom is 0.471 e. The number of hydrogen-bond donors (Lipinski definition) is 2. The highest BCUT2D eigenvalue weighted by Gasteiger charge is 2.38. The Labute approximate surface area is 83.5 Å². The number of carbonyl (C=O) groups is 1. The molecule has 0 aliphatic heterocycles. The van der Waals surface area contributed by atoms with Crippen molar-refractivity contribution in [2.24, 2.45) is 0 Å². The van der Waals surface area contributed by atoms with Gasteiger partial charge in [0.15, 0.2) is 0 Å². The number of aromatic hydroxyl groups is 1. The van der Waals surface area contributed by atoms with Gasteiger partial charge in [0.2, 0.25) is 0 Å². The first-order valence-electron chi connectivity index (χ1n) is 3.98. The zero-order chi connectivity index (χ0) is 11.6. The van der Waals surface area contributed by atoms with E-state index in [0.29, 0.717) is 5.56 Å². The van der Waals surface area contributed by atoms with Gasteiger partial charge in [-0.3, -0.25) is 4.79 Å². The lowest BCUT2D eigenvalue weighted by Gasteiger charge is -2.10. The summed E-state index contributed by atoms with van der Waals surface area (Å²) in [6.07, 6.45) is -4.91. The molecule has 0 spiro atoms. The fourth-order valence-corrected chi connectivity index (χ4v) is 0.981. The van der Waals surface area contributed by atoms with E-state index in [0.717, 1.165) is 0 Å². The van der Waals surface area contributed by atoms with Crippen LogP contribution in [0.3, 0.4) is 0 Å². The predicted molar refractivity (Wildman–Crippen MR) is 47.5 cm³/mol. The second-order valence-electron chi connectivity index (χ2n) is 2.95. The fraction of sp³-hybridized carbons (Fsp3) is 0.222. The van der Waals surface area contributed by atoms with Gasteiger partial charge in [0, 0.05) is 5.69 Å². The van der Waals surface area contributed by atoms with E-state index < -0.39 is 12.1 Å². The van der Waals surface area contributed by atoms with Gasteiger partial charge in [-0.05, 0) is 30.7 Å². The third-order valence-corrected chi connectivity index (χ3v) is 1.72. The van der Waals surface area contributed by atoms with E-state index in [1.165, 1.54) is 25.1 Å². The third kappa shape index (κ3) is 2.87. The van der Waals surface area contributed by atoms with Crippen LogP contribution in [0.4, 0.5) is 18.9 Å². The van der Waals surface area contributed by atoms with E-state index in [1.807, 2.05) is 0 Å². The summed E-state index contributed by atoms with van der Waals surface area (Å²) in [6.45, 7) is 1.48. The fourth-order valence-electron chi connectivity index (χ4n) is 0.981. The molecule has 1 amide bonds. The Kier molecular flexibility index (Phi) is 2.88. The topological polar surface area (TPSA) is 49.3 Å². The molecule has 0 saturated heterocycles. The van der Waals surface area contributed by atoms with Crippen molar-refractivity contribution in [1.29, 1.82) is 0 Å². The number of phenolic OH excluding ortho intramolecular Hbond substituents is 1. The Balaban J connectivity index is 2.87. The molecule has 0 aliphatic carbocycles. The highest BCUT2D eigenvalue weighted by atomic mass is 19.4. The van der Waals surface area contributed by atoms with Gasteiger partial charge in [-0.2, -0.15) is 13.2 Å². The number of benzene rings is 1. The zero-order valence-electron chi connectivity index (χ0n) is 7.72. The maximum atomic E-state index is 11.9. The van der Waals surface area contributed by atoms with Crippen LogP contribution in [0.2, 0.25) is 0 Å². The zero-order valence-corrected chi connectivity index (χ0v) is 7.72. The molecule has 0 radical (unpaired) electrons. The number of nitrogens with one attached hydrogen (secondary N) is 1. The van der Waals surface area contributed by atoms with E-state index in [1.54, 1.807) is 5.32 Å². The van der Waals surface area contributed by atoms with Crippen LogP contribution in [0.1, 0.15) is 5.56 Å². The molecule has 0 aliphatic rings. The van der Waals surface area contributed by atoms with Crippen LogP contribution in [0.5, 0.6) is 5.75 Å². The molecular formula is C9H8F3NO2. The van der Waals surface area contributed by atoms with Gasteiger partial charge in [0.25, 0.3) is 0 Å². The quantitative estimate of drug-likeness (QED) is 0.711. The van der Waals surface area contributed by atoms with Crippen molar-refractivity contribution in [3.05, 3.63) is 23.8 Å². The van der Waals surface area contributed by atoms with Crippen LogP contribution in [0, 0.1) is 6.92 Å². The molecular weight excluding hydrogens is 211 g/mol. The summed E-state index contributed by atoms with van der Waals surface area (Å²) < 4.78 is 35.7. The summed E-state index contributed by atoms with van der Waals surface area (Å²) in [7, 11) is 0. The first kappa shape index (κ1) is 11.4. The van der Waals surface area contributed by atoms with Gasteiger partial charge in [0.1, 0.15) is 5.75 Å². The number of rotatable bonds is 1. The number of carbonyl (C=O) groups excluding carboxylic acids is 1. The molecule has 0 fully saturated rings. The number of amides is 1. The minimum Gasteiger partial charge on any atom is -0.508 e. The van der Waals surface area contributed by atoms with Gasteiger partial charge < -0.3 is 10.4 Å². The van der Waals surface area contributed by atoms with Crippen LogP contribution >= 0.6 is 0 Å². The van der Waals surface area contributed by atoms with Crippen molar-refractivity contribution >= 4 is 11.6 Å². The monoisotopic (exact) mass is 219 g/mol. The number of anilines is 1. The smallest absolute Gasteiger partial charge is 0.471 e. The maximum absolute atomic E-state index is 11.9. The van der Waals surface area contributed by atoms with Gasteiger partial charge in [-0.25, -0.2) is 0 Å². The normalized spacial score (nSPS) is 11.2. The molecule has 82 valence electrons. The summed E-state index contributed by atoms with van der Waals surface area (Å²) >= 11 is 0. The highest BCUT2D eigenvalue weighted by molar-refractivity contribution is 5.95. The number of phenols is 1. The van der Waals surface area contributed by atoms with E-state index in [2.05, 4.69) is 0 Å². The van der Waals surface area contributed by atoms with Crippen molar-refractivity contribution in [3.63, 3.8) is 0 Å². The lowest BCUT2D eigenvalue weighted by atomic mass is 10.2. The largest absolute Gasteiger partial charge is 0.508 e. The van der Waals surface area contributed by atoms with E-state index >= 15 is 0 Å². The average molecular weight is 219 g/mol. The molecule has 6 heteroatoms. The molecule has 2 N–H and O–H groups in total. The highest BCUT2D eigenvalue weighted by Crippen LogP contribution is 2.23. The SMILES string of the molecule is Cc1cc(O)ccc1NC(=O)C(F)(F)F. The van der Waals surface area contributed by atoms with Crippen LogP contribution in [-0.4, -0.2) is 17.2 Å². The molecule has 0 unspecified atom stereocenters. The van der Waals surface area contributed by atoms with Gasteiger partial charge in [0.05, 0.1) is 0 Å². The Morgan fingerprint density at radius 3 is 2.47 bits per heavy atom. The summed E-state index contributed by atoms with van der Waals surface area (Å²) in [5.41, 5.74) is 0.378. The van der Waals surface area contributed by atoms with Crippen molar-refractivity contribution in [2.75, 3.05) is 5.32 Å². The Morgan fingerprint density at radius 2 is 2.00 bits per heavy atom. The minimum atomic E-state index is -4.91. The molecule has 0 aromatic heterocycles. The average Bonchev–Trinajstić information content (AvgIpc) is 2.08. The third-order valence-electron chi connectivity index (χ3n) is 1.72. The first-order chi connectivity index (χ1) is 6.80. The number of aryl methyl sites for hydroxylation is 1. The van der Waals surface area contributed by atoms with Crippen molar-refractivity contribution < 1.29 is 23.1 Å². The van der Waals surface area contributed by atoms with Gasteiger partial charge >= 0.3 is 12.1 Å². The standard InChI is InChI=1S/C9H8F3NO2/c1-5-4-6(14)2-3-7(5)13-8(15)9(10,11)12/h2-4,14H,1H3,(H,13,15). The van der Waals surface area contributed by atoms with Crippen LogP contribution in [0.15, 0.2) is 18.2 Å². The summed E-state index contributed by atoms with van der Waals surface area (Å²) in [4.78, 5) is 10.6. The molecule has 0 saturated carbocycles. The second kappa shape index (κ2) is 3.80. The molecule has 0 atom stereocenters. The van der Waals surface area contributed by atoms with Gasteiger partial charge in [-0.1, -0.05) is 0 Å². The molecule has 3 nitrogen and oxygen atoms in total. The predicted octanol–water partition coefficient (Wildman–Crippen LogP) is 2.20. The van der Waals surface area contributed by atoms with E-state index in [4.69, 9.17) is 5.11 Å². The van der Waals surface area contributed by atoms with Crippen LogP contribution in [0.25, 0.3) is 0 Å². The molecule has 15 heavy (non-hydrogen) atoms. The van der Waals surface area contributed by atoms with Crippen LogP contribution < -0.4 is 5.32 Å². The summed E-state index contributed by atoms with van der Waals surface area (Å²) in [5.74, 6) is -2.10. The Morgan fingerprint density at radius 1 is 1.40 bits per heavy atom. The molecule has 1 aromatic carbocycles. The van der Waals surface area contributed by atoms with Crippen molar-refractivity contribution in [2.45, 2.75) is 13.1 Å². The lowest BCUT2D eigenvalue weighted by Crippen LogP contribution is -2.30. The number of hydrogen-bond acceptors (Lipinski definition) is 2. The molecule has 1 aromatic rings. The second-order valence-corrected chi connectivity index (χ2v) is 2.95. The van der Waals surface area contributed by atoms with Gasteiger partial charge in [-0.15, -0.1) is 0 Å². The van der Waals surface area contributed by atoms with Crippen molar-refractivity contribution in [3.8, 4) is 5.75 Å². The lowest BCUT2D eigenvalue weighted by molar-refractivity contribution is -0.167. The summed E-state index contributed by atoms with van der Waals surface area (Å²) in [5, 5.41) is 10.7. The first-order valence-corrected chi connectivity index (χ1v) is 3.98. The molecule has 0 heterocycles. The van der Waals surface area contributed by atoms with Crippen molar-refractivity contribution in [1.82, 2.24) is 0 Å². The molecule has 0 bridgehead atoms.